The first kappa shape index (κ1) is 18.2. The molecule has 0 amide bonds. The van der Waals surface area contributed by atoms with Crippen LogP contribution in [-0.2, 0) is 17.6 Å². The van der Waals surface area contributed by atoms with Gasteiger partial charge in [0.2, 0.25) is 0 Å². The van der Waals surface area contributed by atoms with Gasteiger partial charge in [-0.05, 0) is 60.2 Å². The van der Waals surface area contributed by atoms with Crippen molar-refractivity contribution in [1.82, 2.24) is 0 Å². The zero-order chi connectivity index (χ0) is 18.2. The molecule has 130 valence electrons. The van der Waals surface area contributed by atoms with Crippen molar-refractivity contribution in [3.8, 4) is 0 Å². The van der Waals surface area contributed by atoms with Crippen LogP contribution >= 0.6 is 27.5 Å². The number of halogens is 5. The van der Waals surface area contributed by atoms with Crippen LogP contribution in [0.2, 0.25) is 5.02 Å². The minimum absolute atomic E-state index is 0.191. The van der Waals surface area contributed by atoms with Crippen LogP contribution in [0, 0.1) is 0 Å². The van der Waals surface area contributed by atoms with E-state index in [0.29, 0.717) is 35.4 Å². The molecule has 0 radical (unpaired) electrons. The first-order valence-electron chi connectivity index (χ1n) is 7.62. The maximum Gasteiger partial charge on any atom is 0.454 e. The van der Waals surface area contributed by atoms with Crippen LogP contribution in [0.5, 0.6) is 0 Å². The fourth-order valence-corrected chi connectivity index (χ4v) is 3.58. The number of ketones is 1. The molecule has 0 fully saturated rings. The first-order chi connectivity index (χ1) is 11.8. The molecule has 0 saturated heterocycles. The van der Waals surface area contributed by atoms with Crippen molar-refractivity contribution in [3.05, 3.63) is 74.2 Å². The molecule has 1 aliphatic carbocycles. The first-order valence-corrected chi connectivity index (χ1v) is 8.79. The molecule has 0 N–H and O–H groups in total. The van der Waals surface area contributed by atoms with Gasteiger partial charge in [-0.1, -0.05) is 51.3 Å². The van der Waals surface area contributed by atoms with Crippen LogP contribution < -0.4 is 0 Å². The Balaban J connectivity index is 1.93. The van der Waals surface area contributed by atoms with Gasteiger partial charge in [-0.25, -0.2) is 0 Å². The highest BCUT2D eigenvalue weighted by atomic mass is 79.9. The molecule has 0 spiro atoms. The highest BCUT2D eigenvalue weighted by Crippen LogP contribution is 2.40. The van der Waals surface area contributed by atoms with Gasteiger partial charge in [0.25, 0.3) is 5.78 Å². The largest absolute Gasteiger partial charge is 0.454 e. The van der Waals surface area contributed by atoms with Gasteiger partial charge in [-0.3, -0.25) is 4.79 Å². The Morgan fingerprint density at radius 2 is 1.76 bits per heavy atom. The van der Waals surface area contributed by atoms with Crippen LogP contribution in [-0.4, -0.2) is 12.0 Å². The summed E-state index contributed by atoms with van der Waals surface area (Å²) in [6.07, 6.45) is -3.57. The number of alkyl halides is 3. The lowest BCUT2D eigenvalue weighted by atomic mass is 9.97. The number of benzene rings is 2. The van der Waals surface area contributed by atoms with E-state index < -0.39 is 12.0 Å². The molecule has 0 aromatic heterocycles. The van der Waals surface area contributed by atoms with Gasteiger partial charge in [0, 0.05) is 15.1 Å². The molecule has 1 nitrogen and oxygen atoms in total. The summed E-state index contributed by atoms with van der Waals surface area (Å²) in [5, 5.41) is 0.606. The third-order valence-electron chi connectivity index (χ3n) is 4.21. The summed E-state index contributed by atoms with van der Waals surface area (Å²) in [7, 11) is 0. The number of fused-ring (bicyclic) bond motifs is 1. The molecule has 0 saturated carbocycles. The topological polar surface area (TPSA) is 17.1 Å². The molecule has 1 aliphatic rings. The normalized spacial score (nSPS) is 14.0. The number of hydrogen-bond donors (Lipinski definition) is 0. The summed E-state index contributed by atoms with van der Waals surface area (Å²) >= 11 is 9.17. The number of carbonyl (C=O) groups is 1. The van der Waals surface area contributed by atoms with E-state index in [2.05, 4.69) is 15.9 Å². The Bertz CT molecular complexity index is 854. The zero-order valence-corrected chi connectivity index (χ0v) is 15.3. The molecule has 0 bridgehead atoms. The highest BCUT2D eigenvalue weighted by molar-refractivity contribution is 9.10. The van der Waals surface area contributed by atoms with Crippen molar-refractivity contribution in [1.29, 1.82) is 0 Å². The average Bonchev–Trinajstić information content (AvgIpc) is 2.89. The van der Waals surface area contributed by atoms with Crippen LogP contribution in [0.15, 0.2) is 52.5 Å². The minimum Gasteiger partial charge on any atom is -0.284 e. The van der Waals surface area contributed by atoms with Crippen molar-refractivity contribution in [2.24, 2.45) is 0 Å². The van der Waals surface area contributed by atoms with E-state index in [0.717, 1.165) is 15.6 Å². The molecular formula is C19H13BrClF3O. The van der Waals surface area contributed by atoms with Gasteiger partial charge in [0.15, 0.2) is 0 Å². The summed E-state index contributed by atoms with van der Waals surface area (Å²) < 4.78 is 39.9. The Morgan fingerprint density at radius 1 is 1.08 bits per heavy atom. The Hall–Kier alpha value is -1.59. The van der Waals surface area contributed by atoms with Crippen molar-refractivity contribution < 1.29 is 18.0 Å². The van der Waals surface area contributed by atoms with E-state index >= 15 is 0 Å². The summed E-state index contributed by atoms with van der Waals surface area (Å²) in [5.41, 5.74) is 2.44. The lowest BCUT2D eigenvalue weighted by Crippen LogP contribution is -2.24. The smallest absolute Gasteiger partial charge is 0.284 e. The quantitative estimate of drug-likeness (QED) is 0.567. The number of aryl methyl sites for hydroxylation is 1. The Labute approximate surface area is 156 Å². The molecule has 0 atom stereocenters. The molecule has 3 rings (SSSR count). The molecule has 0 aliphatic heterocycles. The van der Waals surface area contributed by atoms with Gasteiger partial charge in [0.1, 0.15) is 0 Å². The number of allylic oxidation sites excluding steroid dienone is 2. The molecule has 0 unspecified atom stereocenters. The Kier molecular flexibility index (Phi) is 5.07. The van der Waals surface area contributed by atoms with Gasteiger partial charge < -0.3 is 0 Å². The number of carbonyl (C=O) groups excluding carboxylic acids is 1. The van der Waals surface area contributed by atoms with E-state index in [9.17, 15) is 18.0 Å². The lowest BCUT2D eigenvalue weighted by molar-refractivity contribution is -0.164. The van der Waals surface area contributed by atoms with E-state index in [4.69, 9.17) is 11.6 Å². The van der Waals surface area contributed by atoms with Crippen molar-refractivity contribution in [2.75, 3.05) is 0 Å². The molecule has 0 heterocycles. The van der Waals surface area contributed by atoms with Crippen LogP contribution in [0.3, 0.4) is 0 Å². The van der Waals surface area contributed by atoms with E-state index in [1.165, 1.54) is 0 Å². The minimum atomic E-state index is -4.88. The monoisotopic (exact) mass is 428 g/mol. The second kappa shape index (κ2) is 6.96. The summed E-state index contributed by atoms with van der Waals surface area (Å²) in [6.45, 7) is 0. The predicted octanol–water partition coefficient (Wildman–Crippen LogP) is 6.18. The summed E-state index contributed by atoms with van der Waals surface area (Å²) in [5.74, 6) is -1.76. The number of rotatable bonds is 4. The molecule has 2 aromatic carbocycles. The zero-order valence-electron chi connectivity index (χ0n) is 13.0. The molecular weight excluding hydrogens is 417 g/mol. The fourth-order valence-electron chi connectivity index (χ4n) is 3.05. The van der Waals surface area contributed by atoms with Gasteiger partial charge in [-0.2, -0.15) is 13.2 Å². The standard InChI is InChI=1S/C19H13BrClF3O/c20-14-5-8-16-13(10-14)9-12(17(16)18(25)19(22,23)24)4-1-11-2-6-15(21)7-3-11/h2-3,5-8,10H,1,4,9H2. The second-order valence-electron chi connectivity index (χ2n) is 5.91. The van der Waals surface area contributed by atoms with Crippen LogP contribution in [0.1, 0.15) is 23.1 Å². The maximum absolute atomic E-state index is 13.0. The van der Waals surface area contributed by atoms with E-state index in [1.807, 2.05) is 12.1 Å². The summed E-state index contributed by atoms with van der Waals surface area (Å²) in [4.78, 5) is 12.0. The van der Waals surface area contributed by atoms with Gasteiger partial charge in [-0.15, -0.1) is 0 Å². The highest BCUT2D eigenvalue weighted by Gasteiger charge is 2.43. The lowest BCUT2D eigenvalue weighted by Gasteiger charge is -2.11. The van der Waals surface area contributed by atoms with Crippen molar-refractivity contribution in [2.45, 2.75) is 25.4 Å². The Morgan fingerprint density at radius 3 is 2.40 bits per heavy atom. The number of hydrogen-bond acceptors (Lipinski definition) is 1. The fraction of sp³-hybridized carbons (Fsp3) is 0.211. The van der Waals surface area contributed by atoms with Crippen LogP contribution in [0.4, 0.5) is 13.2 Å². The molecule has 2 aromatic rings. The maximum atomic E-state index is 13.0. The van der Waals surface area contributed by atoms with Gasteiger partial charge in [0.05, 0.1) is 0 Å². The van der Waals surface area contributed by atoms with Crippen molar-refractivity contribution in [3.63, 3.8) is 0 Å². The predicted molar refractivity (Wildman–Crippen MR) is 95.6 cm³/mol. The molecule has 6 heteroatoms. The van der Waals surface area contributed by atoms with Crippen molar-refractivity contribution >= 4 is 38.9 Å². The van der Waals surface area contributed by atoms with Gasteiger partial charge >= 0.3 is 6.18 Å². The third kappa shape index (κ3) is 3.98. The second-order valence-corrected chi connectivity index (χ2v) is 7.26. The SMILES string of the molecule is O=C(C1=C(CCc2ccc(Cl)cc2)Cc2cc(Br)ccc21)C(F)(F)F. The number of Topliss-reactive ketones (excluding diaryl/α,β-unsaturated/α-hetero) is 1. The average molecular weight is 430 g/mol. The summed E-state index contributed by atoms with van der Waals surface area (Å²) in [6, 6.07) is 12.2. The molecule has 25 heavy (non-hydrogen) atoms. The third-order valence-corrected chi connectivity index (χ3v) is 4.95. The van der Waals surface area contributed by atoms with E-state index in [1.54, 1.807) is 30.3 Å². The van der Waals surface area contributed by atoms with Crippen LogP contribution in [0.25, 0.3) is 5.57 Å². The van der Waals surface area contributed by atoms with E-state index in [-0.39, 0.29) is 5.57 Å².